The number of rotatable bonds is 4. The Kier molecular flexibility index (Phi) is 4.85. The van der Waals surface area contributed by atoms with Gasteiger partial charge in [0.05, 0.1) is 25.1 Å². The van der Waals surface area contributed by atoms with Gasteiger partial charge in [0.15, 0.2) is 0 Å². The van der Waals surface area contributed by atoms with Crippen LogP contribution in [0.3, 0.4) is 0 Å². The number of hydrogen-bond donors (Lipinski definition) is 0. The first-order valence-corrected chi connectivity index (χ1v) is 9.62. The second kappa shape index (κ2) is 6.50. The molecular weight excluding hydrogens is 292 g/mol. The molecule has 0 spiro atoms. The minimum atomic E-state index is -3.21. The monoisotopic (exact) mass is 318 g/mol. The lowest BCUT2D eigenvalue weighted by molar-refractivity contribution is 0.0130. The summed E-state index contributed by atoms with van der Waals surface area (Å²) in [5, 5.41) is 0. The van der Waals surface area contributed by atoms with Crippen LogP contribution in [0.4, 0.5) is 0 Å². The molecule has 0 bridgehead atoms. The number of nitrogens with zero attached hydrogens (tertiary/aromatic N) is 2. The van der Waals surface area contributed by atoms with E-state index in [4.69, 9.17) is 9.47 Å². The van der Waals surface area contributed by atoms with Crippen molar-refractivity contribution in [1.82, 2.24) is 9.21 Å². The lowest BCUT2D eigenvalue weighted by atomic mass is 10.1. The summed E-state index contributed by atoms with van der Waals surface area (Å²) in [6.45, 7) is 6.71. The molecule has 0 N–H and O–H groups in total. The van der Waals surface area contributed by atoms with Gasteiger partial charge in [-0.25, -0.2) is 8.42 Å². The highest BCUT2D eigenvalue weighted by molar-refractivity contribution is 7.89. The zero-order valence-corrected chi connectivity index (χ0v) is 13.6. The lowest BCUT2D eigenvalue weighted by Gasteiger charge is -2.35. The number of morpholine rings is 1. The molecule has 122 valence electrons. The highest BCUT2D eigenvalue weighted by atomic mass is 32.2. The molecule has 6 nitrogen and oxygen atoms in total. The van der Waals surface area contributed by atoms with Gasteiger partial charge in [-0.05, 0) is 26.2 Å². The second-order valence-electron chi connectivity index (χ2n) is 6.27. The average Bonchev–Trinajstić information content (AvgIpc) is 3.09. The zero-order chi connectivity index (χ0) is 14.9. The van der Waals surface area contributed by atoms with E-state index in [0.717, 1.165) is 45.6 Å². The van der Waals surface area contributed by atoms with Crippen LogP contribution in [-0.2, 0) is 19.5 Å². The van der Waals surface area contributed by atoms with Gasteiger partial charge in [-0.15, -0.1) is 0 Å². The lowest BCUT2D eigenvalue weighted by Crippen LogP contribution is -2.50. The predicted octanol–water partition coefficient (Wildman–Crippen LogP) is 0.290. The fourth-order valence-corrected chi connectivity index (χ4v) is 5.75. The summed E-state index contributed by atoms with van der Waals surface area (Å²) in [5.74, 6) is 0.146. The van der Waals surface area contributed by atoms with Crippen molar-refractivity contribution in [2.75, 3.05) is 45.2 Å². The first kappa shape index (κ1) is 15.7. The Bertz CT molecular complexity index is 444. The molecule has 3 atom stereocenters. The summed E-state index contributed by atoms with van der Waals surface area (Å²) >= 11 is 0. The quantitative estimate of drug-likeness (QED) is 0.746. The molecular formula is C14H26N2O4S. The molecule has 3 rings (SSSR count). The smallest absolute Gasteiger partial charge is 0.216 e. The van der Waals surface area contributed by atoms with E-state index in [9.17, 15) is 8.42 Å². The van der Waals surface area contributed by atoms with E-state index in [0.29, 0.717) is 19.2 Å². The summed E-state index contributed by atoms with van der Waals surface area (Å²) in [5.41, 5.74) is 0. The van der Waals surface area contributed by atoms with E-state index < -0.39 is 10.0 Å². The Hall–Kier alpha value is -0.210. The van der Waals surface area contributed by atoms with Crippen molar-refractivity contribution in [2.45, 2.75) is 44.4 Å². The van der Waals surface area contributed by atoms with Crippen LogP contribution in [0.5, 0.6) is 0 Å². The molecule has 0 amide bonds. The molecule has 3 aliphatic rings. The molecule has 3 aliphatic heterocycles. The fourth-order valence-electron chi connectivity index (χ4n) is 3.79. The first-order valence-electron chi connectivity index (χ1n) is 8.01. The van der Waals surface area contributed by atoms with Gasteiger partial charge in [0.1, 0.15) is 0 Å². The minimum absolute atomic E-state index is 0.0505. The standard InChI is InChI=1S/C14H26N2O4S/c1-12-14(15-6-9-19-10-7-15)4-5-16(12)21(17,18)11-13-3-2-8-20-13/h12-14H,2-11H2,1H3/t12-,13?,14-/m1/s1. The Morgan fingerprint density at radius 2 is 1.86 bits per heavy atom. The van der Waals surface area contributed by atoms with Crippen LogP contribution < -0.4 is 0 Å². The number of hydrogen-bond acceptors (Lipinski definition) is 5. The van der Waals surface area contributed by atoms with Crippen LogP contribution in [0.1, 0.15) is 26.2 Å². The van der Waals surface area contributed by atoms with Crippen molar-refractivity contribution < 1.29 is 17.9 Å². The zero-order valence-electron chi connectivity index (χ0n) is 12.7. The average molecular weight is 318 g/mol. The van der Waals surface area contributed by atoms with Gasteiger partial charge in [0, 0.05) is 38.3 Å². The molecule has 3 fully saturated rings. The maximum atomic E-state index is 12.6. The summed E-state index contributed by atoms with van der Waals surface area (Å²) in [7, 11) is -3.21. The summed E-state index contributed by atoms with van der Waals surface area (Å²) < 4.78 is 37.8. The van der Waals surface area contributed by atoms with Gasteiger partial charge >= 0.3 is 0 Å². The molecule has 0 aromatic rings. The summed E-state index contributed by atoms with van der Waals surface area (Å²) in [6.07, 6.45) is 2.66. The van der Waals surface area contributed by atoms with E-state index in [1.807, 2.05) is 6.92 Å². The van der Waals surface area contributed by atoms with Gasteiger partial charge in [0.2, 0.25) is 10.0 Å². The predicted molar refractivity (Wildman–Crippen MR) is 79.7 cm³/mol. The van der Waals surface area contributed by atoms with Crippen LogP contribution in [0.15, 0.2) is 0 Å². The Morgan fingerprint density at radius 3 is 2.52 bits per heavy atom. The molecule has 0 radical (unpaired) electrons. The van der Waals surface area contributed by atoms with Gasteiger partial charge in [-0.2, -0.15) is 4.31 Å². The molecule has 21 heavy (non-hydrogen) atoms. The van der Waals surface area contributed by atoms with E-state index >= 15 is 0 Å². The normalized spacial score (nSPS) is 36.3. The van der Waals surface area contributed by atoms with Crippen molar-refractivity contribution in [3.63, 3.8) is 0 Å². The molecule has 0 aromatic carbocycles. The maximum Gasteiger partial charge on any atom is 0.216 e. The van der Waals surface area contributed by atoms with Gasteiger partial charge in [0.25, 0.3) is 0 Å². The van der Waals surface area contributed by atoms with E-state index in [1.165, 1.54) is 0 Å². The fraction of sp³-hybridized carbons (Fsp3) is 1.00. The first-order chi connectivity index (χ1) is 10.1. The van der Waals surface area contributed by atoms with Crippen molar-refractivity contribution in [3.8, 4) is 0 Å². The van der Waals surface area contributed by atoms with Crippen molar-refractivity contribution in [3.05, 3.63) is 0 Å². The molecule has 3 heterocycles. The van der Waals surface area contributed by atoms with Gasteiger partial charge in [-0.1, -0.05) is 0 Å². The van der Waals surface area contributed by atoms with Crippen LogP contribution in [0, 0.1) is 0 Å². The van der Waals surface area contributed by atoms with Crippen molar-refractivity contribution >= 4 is 10.0 Å². The molecule has 0 aromatic heterocycles. The Labute approximate surface area is 127 Å². The topological polar surface area (TPSA) is 59.1 Å². The molecule has 3 saturated heterocycles. The molecule has 0 aliphatic carbocycles. The van der Waals surface area contributed by atoms with Crippen molar-refractivity contribution in [2.24, 2.45) is 0 Å². The second-order valence-corrected chi connectivity index (χ2v) is 8.24. The maximum absolute atomic E-state index is 12.6. The van der Waals surface area contributed by atoms with Crippen LogP contribution in [0.25, 0.3) is 0 Å². The third-order valence-electron chi connectivity index (χ3n) is 4.95. The van der Waals surface area contributed by atoms with E-state index in [-0.39, 0.29) is 17.9 Å². The highest BCUT2D eigenvalue weighted by Crippen LogP contribution is 2.27. The third kappa shape index (κ3) is 3.42. The van der Waals surface area contributed by atoms with Crippen LogP contribution in [-0.4, -0.2) is 81.0 Å². The largest absolute Gasteiger partial charge is 0.379 e. The molecule has 0 saturated carbocycles. The Morgan fingerprint density at radius 1 is 1.10 bits per heavy atom. The molecule has 7 heteroatoms. The van der Waals surface area contributed by atoms with Gasteiger partial charge in [-0.3, -0.25) is 4.90 Å². The van der Waals surface area contributed by atoms with Crippen LogP contribution in [0.2, 0.25) is 0 Å². The molecule has 1 unspecified atom stereocenters. The number of sulfonamides is 1. The van der Waals surface area contributed by atoms with Gasteiger partial charge < -0.3 is 9.47 Å². The third-order valence-corrected chi connectivity index (χ3v) is 6.97. The summed E-state index contributed by atoms with van der Waals surface area (Å²) in [6, 6.07) is 0.377. The minimum Gasteiger partial charge on any atom is -0.379 e. The van der Waals surface area contributed by atoms with E-state index in [1.54, 1.807) is 4.31 Å². The van der Waals surface area contributed by atoms with E-state index in [2.05, 4.69) is 4.90 Å². The summed E-state index contributed by atoms with van der Waals surface area (Å²) in [4.78, 5) is 2.38. The Balaban J connectivity index is 1.63. The highest BCUT2D eigenvalue weighted by Gasteiger charge is 2.42. The number of ether oxygens (including phenoxy) is 2. The SMILES string of the molecule is C[C@@H]1[C@H](N2CCOCC2)CCN1S(=O)(=O)CC1CCCO1. The van der Waals surface area contributed by atoms with Crippen molar-refractivity contribution in [1.29, 1.82) is 0 Å². The van der Waals surface area contributed by atoms with Crippen LogP contribution >= 0.6 is 0 Å².